The molecule has 0 spiro atoms. The lowest BCUT2D eigenvalue weighted by Gasteiger charge is -2.13. The highest BCUT2D eigenvalue weighted by Gasteiger charge is 2.16. The van der Waals surface area contributed by atoms with E-state index in [-0.39, 0.29) is 23.2 Å². The van der Waals surface area contributed by atoms with Gasteiger partial charge in [0.15, 0.2) is 0 Å². The number of amides is 1. The van der Waals surface area contributed by atoms with Gasteiger partial charge in [-0.15, -0.1) is 0 Å². The molecule has 1 aromatic heterocycles. The molecule has 4 N–H and O–H groups in total. The molecule has 5 nitrogen and oxygen atoms in total. The zero-order valence-electron chi connectivity index (χ0n) is 10.1. The van der Waals surface area contributed by atoms with Crippen molar-refractivity contribution in [2.24, 2.45) is 0 Å². The molecule has 2 rings (SSSR count). The van der Waals surface area contributed by atoms with E-state index in [1.165, 1.54) is 12.1 Å². The predicted molar refractivity (Wildman–Crippen MR) is 73.0 cm³/mol. The lowest BCUT2D eigenvalue weighted by molar-refractivity contribution is 0.0939. The molecule has 0 aliphatic rings. The quantitative estimate of drug-likeness (QED) is 0.757. The summed E-state index contributed by atoms with van der Waals surface area (Å²) >= 11 is 3.15. The number of rotatable bonds is 3. The SMILES string of the molecule is CC(NC(=O)c1cc(N)c(F)cc1Br)c1cn[nH]c1. The predicted octanol–water partition coefficient (Wildman–Crippen LogP) is 2.38. The van der Waals surface area contributed by atoms with Crippen molar-refractivity contribution >= 4 is 27.5 Å². The number of nitrogens with one attached hydrogen (secondary N) is 2. The van der Waals surface area contributed by atoms with E-state index in [0.29, 0.717) is 4.47 Å². The molecule has 0 bridgehead atoms. The second-order valence-corrected chi connectivity index (χ2v) is 4.93. The van der Waals surface area contributed by atoms with Crippen LogP contribution in [0.25, 0.3) is 0 Å². The number of H-pyrrole nitrogens is 1. The highest BCUT2D eigenvalue weighted by atomic mass is 79.9. The van der Waals surface area contributed by atoms with Crippen LogP contribution in [-0.4, -0.2) is 16.1 Å². The number of carbonyl (C=O) groups excluding carboxylic acids is 1. The molecule has 1 heterocycles. The summed E-state index contributed by atoms with van der Waals surface area (Å²) in [5.74, 6) is -0.904. The molecule has 19 heavy (non-hydrogen) atoms. The van der Waals surface area contributed by atoms with E-state index in [1.54, 1.807) is 12.4 Å². The van der Waals surface area contributed by atoms with Gasteiger partial charge in [0.05, 0.1) is 23.5 Å². The third-order valence-corrected chi connectivity index (χ3v) is 3.35. The van der Waals surface area contributed by atoms with E-state index in [9.17, 15) is 9.18 Å². The number of aromatic nitrogens is 2. The van der Waals surface area contributed by atoms with Gasteiger partial charge in [-0.05, 0) is 35.0 Å². The van der Waals surface area contributed by atoms with Crippen LogP contribution in [0.3, 0.4) is 0 Å². The van der Waals surface area contributed by atoms with Gasteiger partial charge in [-0.3, -0.25) is 9.89 Å². The van der Waals surface area contributed by atoms with Crippen molar-refractivity contribution in [3.63, 3.8) is 0 Å². The van der Waals surface area contributed by atoms with Crippen LogP contribution in [0.4, 0.5) is 10.1 Å². The number of aromatic amines is 1. The van der Waals surface area contributed by atoms with E-state index >= 15 is 0 Å². The van der Waals surface area contributed by atoms with Gasteiger partial charge in [-0.25, -0.2) is 4.39 Å². The zero-order valence-corrected chi connectivity index (χ0v) is 11.7. The number of hydrogen-bond donors (Lipinski definition) is 3. The van der Waals surface area contributed by atoms with Crippen molar-refractivity contribution in [2.45, 2.75) is 13.0 Å². The van der Waals surface area contributed by atoms with Crippen molar-refractivity contribution < 1.29 is 9.18 Å². The van der Waals surface area contributed by atoms with Gasteiger partial charge in [0.1, 0.15) is 5.82 Å². The minimum atomic E-state index is -0.564. The van der Waals surface area contributed by atoms with Crippen molar-refractivity contribution in [2.75, 3.05) is 5.73 Å². The maximum atomic E-state index is 13.2. The summed E-state index contributed by atoms with van der Waals surface area (Å²) in [5.41, 5.74) is 6.53. The molecule has 0 radical (unpaired) electrons. The molecule has 0 aliphatic carbocycles. The molecule has 1 atom stereocenters. The van der Waals surface area contributed by atoms with Crippen molar-refractivity contribution in [1.29, 1.82) is 0 Å². The molecule has 7 heteroatoms. The Morgan fingerprint density at radius 2 is 2.32 bits per heavy atom. The standard InChI is InChI=1S/C12H12BrFN4O/c1-6(7-4-16-17-5-7)18-12(19)8-2-11(15)10(14)3-9(8)13/h2-6H,15H2,1H3,(H,16,17)(H,18,19). The van der Waals surface area contributed by atoms with Crippen molar-refractivity contribution in [1.82, 2.24) is 15.5 Å². The molecular weight excluding hydrogens is 315 g/mol. The number of nitrogens with two attached hydrogens (primary N) is 1. The van der Waals surface area contributed by atoms with E-state index in [0.717, 1.165) is 5.56 Å². The Balaban J connectivity index is 2.19. The second-order valence-electron chi connectivity index (χ2n) is 4.08. The summed E-state index contributed by atoms with van der Waals surface area (Å²) in [4.78, 5) is 12.1. The first-order chi connectivity index (χ1) is 8.99. The molecular formula is C12H12BrFN4O. The first-order valence-corrected chi connectivity index (χ1v) is 6.32. The van der Waals surface area contributed by atoms with Crippen LogP contribution in [0.1, 0.15) is 28.9 Å². The molecule has 1 unspecified atom stereocenters. The Labute approximate surface area is 117 Å². The van der Waals surface area contributed by atoms with Gasteiger partial charge in [0, 0.05) is 16.2 Å². The fourth-order valence-corrected chi connectivity index (χ4v) is 2.09. The Morgan fingerprint density at radius 3 is 2.95 bits per heavy atom. The van der Waals surface area contributed by atoms with Gasteiger partial charge >= 0.3 is 0 Å². The van der Waals surface area contributed by atoms with Crippen LogP contribution in [0, 0.1) is 5.82 Å². The van der Waals surface area contributed by atoms with Gasteiger partial charge in [-0.2, -0.15) is 5.10 Å². The molecule has 100 valence electrons. The maximum Gasteiger partial charge on any atom is 0.252 e. The Bertz CT molecular complexity index is 600. The molecule has 0 saturated carbocycles. The summed E-state index contributed by atoms with van der Waals surface area (Å²) in [6.07, 6.45) is 3.32. The zero-order chi connectivity index (χ0) is 14.0. The smallest absolute Gasteiger partial charge is 0.252 e. The minimum absolute atomic E-state index is 0.0654. The lowest BCUT2D eigenvalue weighted by Crippen LogP contribution is -2.27. The van der Waals surface area contributed by atoms with Gasteiger partial charge in [0.2, 0.25) is 0 Å². The average molecular weight is 327 g/mol. The fourth-order valence-electron chi connectivity index (χ4n) is 1.60. The monoisotopic (exact) mass is 326 g/mol. The molecule has 0 saturated heterocycles. The first kappa shape index (κ1) is 13.5. The number of anilines is 1. The summed E-state index contributed by atoms with van der Waals surface area (Å²) in [6, 6.07) is 2.26. The van der Waals surface area contributed by atoms with Crippen LogP contribution >= 0.6 is 15.9 Å². The number of hydrogen-bond acceptors (Lipinski definition) is 3. The molecule has 0 aliphatic heterocycles. The van der Waals surface area contributed by atoms with E-state index in [2.05, 4.69) is 31.4 Å². The molecule has 2 aromatic rings. The van der Waals surface area contributed by atoms with E-state index in [1.807, 2.05) is 6.92 Å². The van der Waals surface area contributed by atoms with Gasteiger partial charge in [0.25, 0.3) is 5.91 Å². The summed E-state index contributed by atoms with van der Waals surface area (Å²) in [7, 11) is 0. The highest BCUT2D eigenvalue weighted by Crippen LogP contribution is 2.23. The Morgan fingerprint density at radius 1 is 1.58 bits per heavy atom. The average Bonchev–Trinajstić information content (AvgIpc) is 2.87. The maximum absolute atomic E-state index is 13.2. The summed E-state index contributed by atoms with van der Waals surface area (Å²) < 4.78 is 13.6. The lowest BCUT2D eigenvalue weighted by atomic mass is 10.1. The molecule has 0 fully saturated rings. The van der Waals surface area contributed by atoms with Crippen LogP contribution in [-0.2, 0) is 0 Å². The first-order valence-electron chi connectivity index (χ1n) is 5.53. The van der Waals surface area contributed by atoms with Gasteiger partial charge < -0.3 is 11.1 Å². The molecule has 1 amide bonds. The van der Waals surface area contributed by atoms with Crippen molar-refractivity contribution in [3.8, 4) is 0 Å². The minimum Gasteiger partial charge on any atom is -0.396 e. The number of nitrogens with zero attached hydrogens (tertiary/aromatic N) is 1. The number of benzene rings is 1. The molecule has 1 aromatic carbocycles. The number of nitrogen functional groups attached to an aromatic ring is 1. The summed E-state index contributed by atoms with van der Waals surface area (Å²) in [5, 5.41) is 9.26. The van der Waals surface area contributed by atoms with Gasteiger partial charge in [-0.1, -0.05) is 0 Å². The largest absolute Gasteiger partial charge is 0.396 e. The summed E-state index contributed by atoms with van der Waals surface area (Å²) in [6.45, 7) is 1.82. The highest BCUT2D eigenvalue weighted by molar-refractivity contribution is 9.10. The third kappa shape index (κ3) is 2.93. The fraction of sp³-hybridized carbons (Fsp3) is 0.167. The number of carbonyl (C=O) groups is 1. The van der Waals surface area contributed by atoms with Crippen LogP contribution in [0.2, 0.25) is 0 Å². The van der Waals surface area contributed by atoms with Crippen LogP contribution in [0.5, 0.6) is 0 Å². The Hall–Kier alpha value is -1.89. The third-order valence-electron chi connectivity index (χ3n) is 2.70. The van der Waals surface area contributed by atoms with E-state index in [4.69, 9.17) is 5.73 Å². The second kappa shape index (κ2) is 5.40. The van der Waals surface area contributed by atoms with Crippen LogP contribution in [0.15, 0.2) is 29.0 Å². The topological polar surface area (TPSA) is 83.8 Å². The normalized spacial score (nSPS) is 12.2. The number of halogens is 2. The van der Waals surface area contributed by atoms with Crippen LogP contribution < -0.4 is 11.1 Å². The van der Waals surface area contributed by atoms with Crippen molar-refractivity contribution in [3.05, 3.63) is 45.9 Å². The Kier molecular flexibility index (Phi) is 3.84. The van der Waals surface area contributed by atoms with E-state index < -0.39 is 5.82 Å².